The third kappa shape index (κ3) is 3.59. The second-order valence-corrected chi connectivity index (χ2v) is 5.05. The Morgan fingerprint density at radius 2 is 1.79 bits per heavy atom. The summed E-state index contributed by atoms with van der Waals surface area (Å²) in [6, 6.07) is 5.07. The number of nitrogens with one attached hydrogen (secondary N) is 1. The van der Waals surface area contributed by atoms with Crippen molar-refractivity contribution in [2.45, 2.75) is 0 Å². The van der Waals surface area contributed by atoms with Gasteiger partial charge in [0.15, 0.2) is 0 Å². The van der Waals surface area contributed by atoms with E-state index >= 15 is 0 Å². The van der Waals surface area contributed by atoms with Crippen LogP contribution in [-0.2, 0) is 0 Å². The lowest BCUT2D eigenvalue weighted by Crippen LogP contribution is -2.14. The van der Waals surface area contributed by atoms with Crippen molar-refractivity contribution in [3.8, 4) is 0 Å². The number of rotatable bonds is 3. The predicted octanol–water partition coefficient (Wildman–Crippen LogP) is 3.64. The molecule has 1 heterocycles. The number of hydrogen-bond donors (Lipinski definition) is 1. The van der Waals surface area contributed by atoms with Gasteiger partial charge in [0.1, 0.15) is 0 Å². The normalized spacial score (nSPS) is 10.4. The second kappa shape index (κ2) is 5.77. The number of benzene rings is 1. The molecule has 2 rings (SSSR count). The van der Waals surface area contributed by atoms with E-state index < -0.39 is 0 Å². The molecule has 0 radical (unpaired) electrons. The van der Waals surface area contributed by atoms with Gasteiger partial charge in [-0.2, -0.15) is 15.0 Å². The fraction of sp³-hybridized carbons (Fsp3) is 0.182. The van der Waals surface area contributed by atoms with Gasteiger partial charge >= 0.3 is 0 Å². The first-order chi connectivity index (χ1) is 8.95. The third-order valence-corrected chi connectivity index (χ3v) is 2.89. The van der Waals surface area contributed by atoms with Crippen LogP contribution in [0.1, 0.15) is 0 Å². The van der Waals surface area contributed by atoms with Crippen LogP contribution in [0, 0.1) is 0 Å². The zero-order valence-electron chi connectivity index (χ0n) is 10.2. The molecule has 1 aromatic heterocycles. The summed E-state index contributed by atoms with van der Waals surface area (Å²) in [4.78, 5) is 13.9. The molecule has 8 heteroatoms. The van der Waals surface area contributed by atoms with Crippen LogP contribution in [0.2, 0.25) is 15.3 Å². The maximum absolute atomic E-state index is 6.06. The van der Waals surface area contributed by atoms with Gasteiger partial charge in [-0.05, 0) is 29.8 Å². The minimum atomic E-state index is 0.103. The maximum atomic E-state index is 6.06. The van der Waals surface area contributed by atoms with E-state index in [9.17, 15) is 0 Å². The minimum Gasteiger partial charge on any atom is -0.347 e. The molecule has 2 aromatic rings. The average Bonchev–Trinajstić information content (AvgIpc) is 2.32. The summed E-state index contributed by atoms with van der Waals surface area (Å²) in [5.41, 5.74) is 0.637. The average molecular weight is 319 g/mol. The maximum Gasteiger partial charge on any atom is 0.233 e. The van der Waals surface area contributed by atoms with E-state index in [1.54, 1.807) is 23.1 Å². The molecule has 0 spiro atoms. The summed E-state index contributed by atoms with van der Waals surface area (Å²) >= 11 is 17.7. The van der Waals surface area contributed by atoms with Crippen LogP contribution in [0.5, 0.6) is 0 Å². The van der Waals surface area contributed by atoms with Crippen LogP contribution in [-0.4, -0.2) is 29.0 Å². The summed E-state index contributed by atoms with van der Waals surface area (Å²) in [5, 5.41) is 4.10. The summed E-state index contributed by atoms with van der Waals surface area (Å²) in [7, 11) is 3.62. The molecular weight excluding hydrogens is 309 g/mol. The highest BCUT2D eigenvalue weighted by Crippen LogP contribution is 2.27. The van der Waals surface area contributed by atoms with Gasteiger partial charge in [-0.1, -0.05) is 23.2 Å². The van der Waals surface area contributed by atoms with Crippen molar-refractivity contribution in [1.82, 2.24) is 15.0 Å². The predicted molar refractivity (Wildman–Crippen MR) is 78.9 cm³/mol. The second-order valence-electron chi connectivity index (χ2n) is 3.87. The molecule has 0 aliphatic heterocycles. The van der Waals surface area contributed by atoms with Crippen LogP contribution in [0.4, 0.5) is 17.6 Å². The van der Waals surface area contributed by atoms with Crippen LogP contribution >= 0.6 is 34.8 Å². The summed E-state index contributed by atoms with van der Waals surface area (Å²) in [6.07, 6.45) is 0. The van der Waals surface area contributed by atoms with E-state index in [0.717, 1.165) is 0 Å². The van der Waals surface area contributed by atoms with Crippen molar-refractivity contribution < 1.29 is 0 Å². The van der Waals surface area contributed by atoms with Gasteiger partial charge in [0.2, 0.25) is 17.2 Å². The van der Waals surface area contributed by atoms with Crippen molar-refractivity contribution in [2.75, 3.05) is 24.3 Å². The van der Waals surface area contributed by atoms with Crippen molar-refractivity contribution in [3.63, 3.8) is 0 Å². The molecule has 1 aromatic carbocycles. The van der Waals surface area contributed by atoms with E-state index in [-0.39, 0.29) is 5.28 Å². The van der Waals surface area contributed by atoms with Crippen molar-refractivity contribution in [2.24, 2.45) is 0 Å². The van der Waals surface area contributed by atoms with Gasteiger partial charge in [0.25, 0.3) is 0 Å². The monoisotopic (exact) mass is 317 g/mol. The fourth-order valence-electron chi connectivity index (χ4n) is 1.31. The van der Waals surface area contributed by atoms with Crippen LogP contribution in [0.3, 0.4) is 0 Å². The molecule has 0 aliphatic carbocycles. The largest absolute Gasteiger partial charge is 0.347 e. The van der Waals surface area contributed by atoms with Gasteiger partial charge in [-0.25, -0.2) is 0 Å². The van der Waals surface area contributed by atoms with Crippen LogP contribution in [0.25, 0.3) is 0 Å². The zero-order valence-corrected chi connectivity index (χ0v) is 12.4. The molecule has 0 saturated carbocycles. The first-order valence-electron chi connectivity index (χ1n) is 5.26. The Balaban J connectivity index is 2.32. The highest BCUT2D eigenvalue weighted by Gasteiger charge is 2.08. The van der Waals surface area contributed by atoms with E-state index in [0.29, 0.717) is 27.6 Å². The van der Waals surface area contributed by atoms with Gasteiger partial charge in [-0.15, -0.1) is 0 Å². The quantitative estimate of drug-likeness (QED) is 0.936. The minimum absolute atomic E-state index is 0.103. The molecule has 0 unspecified atom stereocenters. The van der Waals surface area contributed by atoms with Crippen LogP contribution < -0.4 is 10.2 Å². The van der Waals surface area contributed by atoms with Gasteiger partial charge < -0.3 is 10.2 Å². The van der Waals surface area contributed by atoms with Gasteiger partial charge in [0.05, 0.1) is 10.7 Å². The molecule has 0 saturated heterocycles. The van der Waals surface area contributed by atoms with Crippen molar-refractivity contribution in [3.05, 3.63) is 33.5 Å². The topological polar surface area (TPSA) is 53.9 Å². The molecule has 1 N–H and O–H groups in total. The first-order valence-corrected chi connectivity index (χ1v) is 6.40. The lowest BCUT2D eigenvalue weighted by atomic mass is 10.3. The molecule has 0 bridgehead atoms. The Morgan fingerprint density at radius 1 is 1.05 bits per heavy atom. The van der Waals surface area contributed by atoms with E-state index in [1.165, 1.54) is 0 Å². The van der Waals surface area contributed by atoms with E-state index in [1.807, 2.05) is 14.1 Å². The number of aromatic nitrogens is 3. The molecule has 0 aliphatic rings. The number of hydrogen-bond acceptors (Lipinski definition) is 5. The third-order valence-electron chi connectivity index (χ3n) is 2.17. The van der Waals surface area contributed by atoms with Gasteiger partial charge in [-0.3, -0.25) is 0 Å². The molecule has 0 amide bonds. The SMILES string of the molecule is CN(C)c1nc(Cl)nc(Nc2ccc(Cl)cc2Cl)n1. The van der Waals surface area contributed by atoms with Crippen LogP contribution in [0.15, 0.2) is 18.2 Å². The van der Waals surface area contributed by atoms with E-state index in [2.05, 4.69) is 20.3 Å². The smallest absolute Gasteiger partial charge is 0.233 e. The summed E-state index contributed by atoms with van der Waals surface area (Å²) in [5.74, 6) is 0.764. The zero-order chi connectivity index (χ0) is 14.0. The Labute approximate surface area is 125 Å². The van der Waals surface area contributed by atoms with Crippen molar-refractivity contribution in [1.29, 1.82) is 0 Å². The lowest BCUT2D eigenvalue weighted by molar-refractivity contribution is 0.961. The lowest BCUT2D eigenvalue weighted by Gasteiger charge is -2.12. The van der Waals surface area contributed by atoms with E-state index in [4.69, 9.17) is 34.8 Å². The van der Waals surface area contributed by atoms with Gasteiger partial charge in [0, 0.05) is 19.1 Å². The highest BCUT2D eigenvalue weighted by molar-refractivity contribution is 6.36. The number of halogens is 3. The molecule has 100 valence electrons. The number of nitrogens with zero attached hydrogens (tertiary/aromatic N) is 4. The number of anilines is 3. The molecule has 0 atom stereocenters. The molecule has 19 heavy (non-hydrogen) atoms. The Kier molecular flexibility index (Phi) is 4.29. The summed E-state index contributed by atoms with van der Waals surface area (Å²) in [6.45, 7) is 0. The Morgan fingerprint density at radius 3 is 2.42 bits per heavy atom. The molecular formula is C11H10Cl3N5. The summed E-state index contributed by atoms with van der Waals surface area (Å²) < 4.78 is 0. The first kappa shape index (κ1) is 14.1. The molecule has 5 nitrogen and oxygen atoms in total. The van der Waals surface area contributed by atoms with Crippen molar-refractivity contribution >= 4 is 52.4 Å². The Bertz CT molecular complexity index is 603. The fourth-order valence-corrected chi connectivity index (χ4v) is 1.92. The Hall–Kier alpha value is -1.30. The molecule has 0 fully saturated rings. The highest BCUT2D eigenvalue weighted by atomic mass is 35.5. The standard InChI is InChI=1S/C11H10Cl3N5/c1-19(2)11-17-9(14)16-10(18-11)15-8-4-3-6(12)5-7(8)13/h3-5H,1-2H3,(H,15,16,17,18).